The number of hydrogen-bond donors (Lipinski definition) is 2. The Kier molecular flexibility index (Phi) is 6.65. The number of hydrogen-bond acceptors (Lipinski definition) is 5. The Morgan fingerprint density at radius 2 is 1.86 bits per heavy atom. The molecule has 29 heavy (non-hydrogen) atoms. The molecule has 0 fully saturated rings. The third kappa shape index (κ3) is 5.46. The van der Waals surface area contributed by atoms with E-state index in [1.165, 1.54) is 6.26 Å². The minimum Gasteiger partial charge on any atom is -0.497 e. The summed E-state index contributed by atoms with van der Waals surface area (Å²) in [5.41, 5.74) is 2.41. The average molecular weight is 395 g/mol. The molecule has 150 valence electrons. The molecule has 7 heteroatoms. The van der Waals surface area contributed by atoms with Gasteiger partial charge in [-0.2, -0.15) is 0 Å². The molecule has 0 bridgehead atoms. The molecule has 7 nitrogen and oxygen atoms in total. The van der Waals surface area contributed by atoms with Crippen LogP contribution in [0.25, 0.3) is 11.1 Å². The second kappa shape index (κ2) is 9.57. The number of carbonyl (C=O) groups is 2. The standard InChI is InChI=1S/C22H21NO6/c1-27-18-9-5-8-16(10-18)17-11-20(29-13-17)21(24)23-19(22(25)26)14-28-12-15-6-3-2-4-7-15/h2-11,13,19H,12,14H2,1H3,(H,23,24)(H,25,26). The van der Waals surface area contributed by atoms with Crippen LogP contribution in [0, 0.1) is 0 Å². The first kappa shape index (κ1) is 20.2. The fourth-order valence-corrected chi connectivity index (χ4v) is 2.68. The van der Waals surface area contributed by atoms with Crippen molar-refractivity contribution in [2.45, 2.75) is 12.6 Å². The minimum atomic E-state index is -1.20. The molecule has 0 aliphatic carbocycles. The molecule has 2 N–H and O–H groups in total. The molecular weight excluding hydrogens is 374 g/mol. The first-order chi connectivity index (χ1) is 14.1. The number of aliphatic carboxylic acids is 1. The van der Waals surface area contributed by atoms with Gasteiger partial charge in [0.25, 0.3) is 5.91 Å². The van der Waals surface area contributed by atoms with Crippen LogP contribution in [0.15, 0.2) is 71.3 Å². The zero-order chi connectivity index (χ0) is 20.6. The van der Waals surface area contributed by atoms with E-state index in [1.54, 1.807) is 13.2 Å². The predicted molar refractivity (Wildman–Crippen MR) is 106 cm³/mol. The highest BCUT2D eigenvalue weighted by Crippen LogP contribution is 2.25. The van der Waals surface area contributed by atoms with Crippen molar-refractivity contribution in [2.24, 2.45) is 0 Å². The number of carbonyl (C=O) groups excluding carboxylic acids is 1. The van der Waals surface area contributed by atoms with Crippen molar-refractivity contribution in [3.63, 3.8) is 0 Å². The van der Waals surface area contributed by atoms with Gasteiger partial charge in [0, 0.05) is 5.56 Å². The van der Waals surface area contributed by atoms with Crippen LogP contribution in [-0.2, 0) is 16.1 Å². The lowest BCUT2D eigenvalue weighted by molar-refractivity contribution is -0.141. The number of methoxy groups -OCH3 is 1. The summed E-state index contributed by atoms with van der Waals surface area (Å²) in [5, 5.41) is 11.8. The van der Waals surface area contributed by atoms with E-state index in [0.717, 1.165) is 11.1 Å². The summed E-state index contributed by atoms with van der Waals surface area (Å²) in [4.78, 5) is 23.9. The van der Waals surface area contributed by atoms with E-state index < -0.39 is 17.9 Å². The Morgan fingerprint density at radius 3 is 2.59 bits per heavy atom. The van der Waals surface area contributed by atoms with Crippen LogP contribution in [-0.4, -0.2) is 36.7 Å². The van der Waals surface area contributed by atoms with Crippen LogP contribution in [0.5, 0.6) is 5.75 Å². The first-order valence-corrected chi connectivity index (χ1v) is 8.95. The van der Waals surface area contributed by atoms with Crippen LogP contribution in [0.4, 0.5) is 0 Å². The SMILES string of the molecule is COc1cccc(-c2coc(C(=O)NC(COCc3ccccc3)C(=O)O)c2)c1. The number of ether oxygens (including phenoxy) is 2. The predicted octanol–water partition coefficient (Wildman–Crippen LogP) is 3.36. The minimum absolute atomic E-state index is 0.0112. The topological polar surface area (TPSA) is 98.0 Å². The highest BCUT2D eigenvalue weighted by molar-refractivity contribution is 5.95. The first-order valence-electron chi connectivity index (χ1n) is 8.95. The van der Waals surface area contributed by atoms with E-state index in [1.807, 2.05) is 54.6 Å². The molecule has 1 amide bonds. The highest BCUT2D eigenvalue weighted by Gasteiger charge is 2.23. The number of furan rings is 1. The van der Waals surface area contributed by atoms with E-state index in [0.29, 0.717) is 11.3 Å². The Hall–Kier alpha value is -3.58. The van der Waals surface area contributed by atoms with Crippen LogP contribution in [0.1, 0.15) is 16.1 Å². The lowest BCUT2D eigenvalue weighted by atomic mass is 10.1. The van der Waals surface area contributed by atoms with Crippen LogP contribution in [0.2, 0.25) is 0 Å². The molecule has 3 rings (SSSR count). The lowest BCUT2D eigenvalue weighted by Gasteiger charge is -2.14. The molecule has 2 aromatic carbocycles. The van der Waals surface area contributed by atoms with Crippen LogP contribution in [0.3, 0.4) is 0 Å². The molecule has 0 saturated carbocycles. The molecule has 3 aromatic rings. The highest BCUT2D eigenvalue weighted by atomic mass is 16.5. The largest absolute Gasteiger partial charge is 0.497 e. The monoisotopic (exact) mass is 395 g/mol. The van der Waals surface area contributed by atoms with E-state index in [2.05, 4.69) is 5.32 Å². The maximum Gasteiger partial charge on any atom is 0.328 e. The van der Waals surface area contributed by atoms with Gasteiger partial charge in [-0.15, -0.1) is 0 Å². The number of carboxylic acid groups (broad SMARTS) is 1. The van der Waals surface area contributed by atoms with Crippen molar-refractivity contribution in [2.75, 3.05) is 13.7 Å². The number of carboxylic acids is 1. The van der Waals surface area contributed by atoms with Crippen molar-refractivity contribution in [1.29, 1.82) is 0 Å². The molecule has 0 radical (unpaired) electrons. The fraction of sp³-hybridized carbons (Fsp3) is 0.182. The van der Waals surface area contributed by atoms with Gasteiger partial charge in [0.1, 0.15) is 5.75 Å². The Bertz CT molecular complexity index is 966. The maximum atomic E-state index is 12.4. The van der Waals surface area contributed by atoms with E-state index >= 15 is 0 Å². The summed E-state index contributed by atoms with van der Waals surface area (Å²) in [6.45, 7) is 0.0840. The molecule has 0 aliphatic rings. The van der Waals surface area contributed by atoms with E-state index in [-0.39, 0.29) is 19.0 Å². The Balaban J connectivity index is 1.61. The lowest BCUT2D eigenvalue weighted by Crippen LogP contribution is -2.43. The summed E-state index contributed by atoms with van der Waals surface area (Å²) >= 11 is 0. The Morgan fingerprint density at radius 1 is 1.07 bits per heavy atom. The molecule has 0 saturated heterocycles. The molecule has 0 spiro atoms. The van der Waals surface area contributed by atoms with Gasteiger partial charge in [-0.05, 0) is 29.3 Å². The second-order valence-electron chi connectivity index (χ2n) is 6.30. The third-order valence-corrected chi connectivity index (χ3v) is 4.23. The third-order valence-electron chi connectivity index (χ3n) is 4.23. The molecule has 0 aliphatic heterocycles. The molecule has 1 unspecified atom stereocenters. The molecular formula is C22H21NO6. The zero-order valence-corrected chi connectivity index (χ0v) is 15.8. The molecule has 1 atom stereocenters. The van der Waals surface area contributed by atoms with Gasteiger partial charge < -0.3 is 24.3 Å². The normalized spacial score (nSPS) is 11.6. The quantitative estimate of drug-likeness (QED) is 0.577. The Labute approximate surface area is 167 Å². The number of benzene rings is 2. The van der Waals surface area contributed by atoms with Crippen molar-refractivity contribution in [1.82, 2.24) is 5.32 Å². The van der Waals surface area contributed by atoms with Crippen molar-refractivity contribution in [3.8, 4) is 16.9 Å². The summed E-state index contributed by atoms with van der Waals surface area (Å²) < 4.78 is 16.0. The molecule has 1 heterocycles. The number of rotatable bonds is 9. The van der Waals surface area contributed by atoms with Gasteiger partial charge in [0.2, 0.25) is 0 Å². The van der Waals surface area contributed by atoms with Gasteiger partial charge >= 0.3 is 5.97 Å². The maximum absolute atomic E-state index is 12.4. The van der Waals surface area contributed by atoms with Crippen LogP contribution >= 0.6 is 0 Å². The average Bonchev–Trinajstić information content (AvgIpc) is 3.24. The van der Waals surface area contributed by atoms with Crippen molar-refractivity contribution in [3.05, 3.63) is 78.3 Å². The summed E-state index contributed by atoms with van der Waals surface area (Å²) in [5.74, 6) is -1.13. The smallest absolute Gasteiger partial charge is 0.328 e. The van der Waals surface area contributed by atoms with E-state index in [9.17, 15) is 14.7 Å². The van der Waals surface area contributed by atoms with Crippen molar-refractivity contribution < 1.29 is 28.6 Å². The number of nitrogens with one attached hydrogen (secondary N) is 1. The number of amides is 1. The van der Waals surface area contributed by atoms with Gasteiger partial charge in [0.15, 0.2) is 11.8 Å². The summed E-state index contributed by atoms with van der Waals surface area (Å²) in [6, 6.07) is 17.0. The zero-order valence-electron chi connectivity index (χ0n) is 15.8. The fourth-order valence-electron chi connectivity index (χ4n) is 2.68. The molecule has 1 aromatic heterocycles. The second-order valence-corrected chi connectivity index (χ2v) is 6.30. The van der Waals surface area contributed by atoms with Gasteiger partial charge in [-0.25, -0.2) is 4.79 Å². The van der Waals surface area contributed by atoms with Gasteiger partial charge in [0.05, 0.1) is 26.6 Å². The van der Waals surface area contributed by atoms with E-state index in [4.69, 9.17) is 13.9 Å². The van der Waals surface area contributed by atoms with Gasteiger partial charge in [-0.1, -0.05) is 42.5 Å². The summed E-state index contributed by atoms with van der Waals surface area (Å²) in [6.07, 6.45) is 1.44. The van der Waals surface area contributed by atoms with Crippen LogP contribution < -0.4 is 10.1 Å². The summed E-state index contributed by atoms with van der Waals surface area (Å²) in [7, 11) is 1.57. The van der Waals surface area contributed by atoms with Gasteiger partial charge in [-0.3, -0.25) is 4.79 Å². The van der Waals surface area contributed by atoms with Crippen molar-refractivity contribution >= 4 is 11.9 Å².